The lowest BCUT2D eigenvalue weighted by molar-refractivity contribution is -0.143. The lowest BCUT2D eigenvalue weighted by atomic mass is 9.96. The van der Waals surface area contributed by atoms with Crippen molar-refractivity contribution in [3.63, 3.8) is 0 Å². The van der Waals surface area contributed by atoms with Crippen molar-refractivity contribution in [3.05, 3.63) is 64.1 Å². The first kappa shape index (κ1) is 20.0. The standard InChI is InChI=1S/C21H23BrO4/c1-4-26-20(23)14-13-19(22)21(15-5-9-17(24-2)10-6-15)16-7-11-18(25-3)12-8-16/h5-12H,4,13-14H2,1-3H3. The molecule has 2 aromatic carbocycles. The van der Waals surface area contributed by atoms with Gasteiger partial charge in [0.1, 0.15) is 11.5 Å². The number of carbonyl (C=O) groups excluding carboxylic acids is 1. The smallest absolute Gasteiger partial charge is 0.306 e. The van der Waals surface area contributed by atoms with Crippen molar-refractivity contribution < 1.29 is 19.0 Å². The van der Waals surface area contributed by atoms with E-state index in [4.69, 9.17) is 14.2 Å². The Kier molecular flexibility index (Phi) is 7.73. The van der Waals surface area contributed by atoms with Crippen LogP contribution in [-0.2, 0) is 9.53 Å². The Bertz CT molecular complexity index is 699. The van der Waals surface area contributed by atoms with Gasteiger partial charge in [-0.25, -0.2) is 0 Å². The molecule has 0 aliphatic carbocycles. The molecule has 0 saturated carbocycles. The second-order valence-corrected chi connectivity index (χ2v) is 6.50. The molecule has 26 heavy (non-hydrogen) atoms. The molecule has 5 heteroatoms. The number of esters is 1. The van der Waals surface area contributed by atoms with Crippen LogP contribution < -0.4 is 9.47 Å². The molecule has 0 aliphatic heterocycles. The predicted molar refractivity (Wildman–Crippen MR) is 107 cm³/mol. The van der Waals surface area contributed by atoms with Crippen molar-refractivity contribution in [1.82, 2.24) is 0 Å². The molecule has 0 radical (unpaired) electrons. The van der Waals surface area contributed by atoms with Crippen molar-refractivity contribution in [2.75, 3.05) is 20.8 Å². The van der Waals surface area contributed by atoms with E-state index in [9.17, 15) is 4.79 Å². The molecule has 0 aromatic heterocycles. The average molecular weight is 419 g/mol. The first-order valence-corrected chi connectivity index (χ1v) is 9.21. The minimum Gasteiger partial charge on any atom is -0.497 e. The SMILES string of the molecule is CCOC(=O)CCC(Br)=C(c1ccc(OC)cc1)c1ccc(OC)cc1. The van der Waals surface area contributed by atoms with E-state index in [2.05, 4.69) is 15.9 Å². The van der Waals surface area contributed by atoms with Gasteiger partial charge in [-0.2, -0.15) is 0 Å². The van der Waals surface area contributed by atoms with Crippen LogP contribution in [0.2, 0.25) is 0 Å². The van der Waals surface area contributed by atoms with E-state index < -0.39 is 0 Å². The lowest BCUT2D eigenvalue weighted by Crippen LogP contribution is -2.03. The zero-order chi connectivity index (χ0) is 18.9. The summed E-state index contributed by atoms with van der Waals surface area (Å²) in [7, 11) is 3.29. The number of carbonyl (C=O) groups is 1. The molecule has 0 unspecified atom stereocenters. The van der Waals surface area contributed by atoms with Gasteiger partial charge in [-0.3, -0.25) is 4.79 Å². The Labute approximate surface area is 162 Å². The highest BCUT2D eigenvalue weighted by atomic mass is 79.9. The summed E-state index contributed by atoms with van der Waals surface area (Å²) in [4.78, 5) is 11.7. The molecular formula is C21H23BrO4. The van der Waals surface area contributed by atoms with Gasteiger partial charge >= 0.3 is 5.97 Å². The van der Waals surface area contributed by atoms with E-state index in [-0.39, 0.29) is 5.97 Å². The predicted octanol–water partition coefficient (Wildman–Crippen LogP) is 5.20. The van der Waals surface area contributed by atoms with Crippen molar-refractivity contribution in [2.24, 2.45) is 0 Å². The molecule has 0 saturated heterocycles. The maximum absolute atomic E-state index is 11.7. The average Bonchev–Trinajstić information content (AvgIpc) is 2.68. The van der Waals surface area contributed by atoms with E-state index in [1.807, 2.05) is 55.5 Å². The zero-order valence-corrected chi connectivity index (χ0v) is 16.8. The molecule has 0 amide bonds. The summed E-state index contributed by atoms with van der Waals surface area (Å²) in [6.45, 7) is 2.20. The molecule has 138 valence electrons. The lowest BCUT2D eigenvalue weighted by Gasteiger charge is -2.14. The number of methoxy groups -OCH3 is 2. The molecule has 0 heterocycles. The minimum absolute atomic E-state index is 0.201. The van der Waals surface area contributed by atoms with Gasteiger partial charge in [0, 0.05) is 4.48 Å². The van der Waals surface area contributed by atoms with Crippen molar-refractivity contribution in [3.8, 4) is 11.5 Å². The minimum atomic E-state index is -0.201. The van der Waals surface area contributed by atoms with Crippen molar-refractivity contribution in [1.29, 1.82) is 0 Å². The fourth-order valence-electron chi connectivity index (χ4n) is 2.57. The highest BCUT2D eigenvalue weighted by molar-refractivity contribution is 9.11. The normalized spacial score (nSPS) is 10.2. The third-order valence-electron chi connectivity index (χ3n) is 3.88. The summed E-state index contributed by atoms with van der Waals surface area (Å²) in [5.41, 5.74) is 3.10. The maximum Gasteiger partial charge on any atom is 0.306 e. The number of halogens is 1. The molecule has 0 atom stereocenters. The van der Waals surface area contributed by atoms with Gasteiger partial charge in [-0.15, -0.1) is 0 Å². The molecular weight excluding hydrogens is 396 g/mol. The van der Waals surface area contributed by atoms with Crippen LogP contribution in [0.4, 0.5) is 0 Å². The van der Waals surface area contributed by atoms with Gasteiger partial charge in [0.2, 0.25) is 0 Å². The molecule has 2 aromatic rings. The number of ether oxygens (including phenoxy) is 3. The monoisotopic (exact) mass is 418 g/mol. The zero-order valence-electron chi connectivity index (χ0n) is 15.3. The van der Waals surface area contributed by atoms with Gasteiger partial charge in [0.25, 0.3) is 0 Å². The van der Waals surface area contributed by atoms with E-state index in [1.54, 1.807) is 14.2 Å². The summed E-state index contributed by atoms with van der Waals surface area (Å²) in [6, 6.07) is 15.7. The summed E-state index contributed by atoms with van der Waals surface area (Å²) in [6.07, 6.45) is 0.885. The van der Waals surface area contributed by atoms with E-state index in [0.717, 1.165) is 32.7 Å². The Balaban J connectivity index is 2.38. The molecule has 2 rings (SSSR count). The largest absolute Gasteiger partial charge is 0.497 e. The molecule has 0 spiro atoms. The van der Waals surface area contributed by atoms with E-state index in [1.165, 1.54) is 0 Å². The summed E-state index contributed by atoms with van der Waals surface area (Å²) in [5, 5.41) is 0. The molecule has 4 nitrogen and oxygen atoms in total. The second kappa shape index (κ2) is 10.0. The number of hydrogen-bond donors (Lipinski definition) is 0. The Morgan fingerprint density at radius 3 is 1.69 bits per heavy atom. The third kappa shape index (κ3) is 5.36. The fourth-order valence-corrected chi connectivity index (χ4v) is 3.22. The Morgan fingerprint density at radius 2 is 1.31 bits per heavy atom. The maximum atomic E-state index is 11.7. The first-order chi connectivity index (χ1) is 12.6. The molecule has 0 fully saturated rings. The fraction of sp³-hybridized carbons (Fsp3) is 0.286. The van der Waals surface area contributed by atoms with Crippen LogP contribution in [0, 0.1) is 0 Å². The van der Waals surface area contributed by atoms with Crippen LogP contribution in [0.15, 0.2) is 53.0 Å². The van der Waals surface area contributed by atoms with Gasteiger partial charge in [0.05, 0.1) is 27.2 Å². The van der Waals surface area contributed by atoms with Crippen LogP contribution in [0.3, 0.4) is 0 Å². The van der Waals surface area contributed by atoms with Crippen molar-refractivity contribution in [2.45, 2.75) is 19.8 Å². The quantitative estimate of drug-likeness (QED) is 0.552. The van der Waals surface area contributed by atoms with Crippen LogP contribution in [0.5, 0.6) is 11.5 Å². The number of allylic oxidation sites excluding steroid dienone is 1. The van der Waals surface area contributed by atoms with E-state index >= 15 is 0 Å². The second-order valence-electron chi connectivity index (χ2n) is 5.54. The van der Waals surface area contributed by atoms with Crippen LogP contribution in [0.25, 0.3) is 5.57 Å². The van der Waals surface area contributed by atoms with Crippen LogP contribution >= 0.6 is 15.9 Å². The highest BCUT2D eigenvalue weighted by Gasteiger charge is 2.13. The topological polar surface area (TPSA) is 44.8 Å². The van der Waals surface area contributed by atoms with Gasteiger partial charge < -0.3 is 14.2 Å². The van der Waals surface area contributed by atoms with Gasteiger partial charge in [-0.05, 0) is 54.3 Å². The van der Waals surface area contributed by atoms with Gasteiger partial charge in [-0.1, -0.05) is 40.2 Å². The number of benzene rings is 2. The first-order valence-electron chi connectivity index (χ1n) is 8.42. The third-order valence-corrected chi connectivity index (χ3v) is 4.68. The van der Waals surface area contributed by atoms with E-state index in [0.29, 0.717) is 19.4 Å². The Morgan fingerprint density at radius 1 is 0.846 bits per heavy atom. The highest BCUT2D eigenvalue weighted by Crippen LogP contribution is 2.34. The van der Waals surface area contributed by atoms with Crippen LogP contribution in [-0.4, -0.2) is 26.8 Å². The van der Waals surface area contributed by atoms with Crippen LogP contribution in [0.1, 0.15) is 30.9 Å². The molecule has 0 N–H and O–H groups in total. The summed E-state index contributed by atoms with van der Waals surface area (Å²) in [5.74, 6) is 1.39. The number of rotatable bonds is 8. The summed E-state index contributed by atoms with van der Waals surface area (Å²) < 4.78 is 16.5. The Hall–Kier alpha value is -2.27. The number of hydrogen-bond acceptors (Lipinski definition) is 4. The molecule has 0 aliphatic rings. The summed E-state index contributed by atoms with van der Waals surface area (Å²) >= 11 is 3.68. The van der Waals surface area contributed by atoms with Gasteiger partial charge in [0.15, 0.2) is 0 Å². The molecule has 0 bridgehead atoms. The van der Waals surface area contributed by atoms with Crippen molar-refractivity contribution >= 4 is 27.5 Å².